The maximum atomic E-state index is 11.2. The second-order valence-corrected chi connectivity index (χ2v) is 5.74. The number of ether oxygens (including phenoxy) is 1. The summed E-state index contributed by atoms with van der Waals surface area (Å²) >= 11 is 0. The zero-order chi connectivity index (χ0) is 12.9. The molecule has 0 atom stereocenters. The lowest BCUT2D eigenvalue weighted by molar-refractivity contribution is 0.126. The summed E-state index contributed by atoms with van der Waals surface area (Å²) in [5.41, 5.74) is 0. The minimum atomic E-state index is -3.38. The number of amides is 1. The molecule has 0 bridgehead atoms. The molecule has 100 valence electrons. The number of hydrogen-bond acceptors (Lipinski definition) is 5. The maximum Gasteiger partial charge on any atom is 0.407 e. The van der Waals surface area contributed by atoms with Crippen LogP contribution in [0.2, 0.25) is 0 Å². The fraction of sp³-hybridized carbons (Fsp3) is 0.900. The Morgan fingerprint density at radius 3 is 2.35 bits per heavy atom. The molecule has 17 heavy (non-hydrogen) atoms. The third-order valence-corrected chi connectivity index (χ3v) is 3.20. The molecule has 1 N–H and O–H groups in total. The lowest BCUT2D eigenvalue weighted by Crippen LogP contribution is -2.39. The van der Waals surface area contributed by atoms with Crippen molar-refractivity contribution in [2.45, 2.75) is 44.8 Å². The highest BCUT2D eigenvalue weighted by Gasteiger charge is 2.25. The largest absolute Gasteiger partial charge is 0.450 e. The monoisotopic (exact) mass is 265 g/mol. The summed E-state index contributed by atoms with van der Waals surface area (Å²) in [6, 6.07) is 0.0495. The summed E-state index contributed by atoms with van der Waals surface area (Å²) < 4.78 is 31.5. The van der Waals surface area contributed by atoms with Gasteiger partial charge in [0.05, 0.1) is 19.0 Å². The van der Waals surface area contributed by atoms with E-state index in [1.54, 1.807) is 6.92 Å². The van der Waals surface area contributed by atoms with Gasteiger partial charge in [0.1, 0.15) is 0 Å². The van der Waals surface area contributed by atoms with Crippen molar-refractivity contribution in [2.24, 2.45) is 0 Å². The van der Waals surface area contributed by atoms with Gasteiger partial charge in [-0.1, -0.05) is 0 Å². The van der Waals surface area contributed by atoms with E-state index in [9.17, 15) is 13.2 Å². The van der Waals surface area contributed by atoms with Gasteiger partial charge in [0.15, 0.2) is 0 Å². The molecule has 0 aliphatic heterocycles. The molecule has 6 nitrogen and oxygen atoms in total. The van der Waals surface area contributed by atoms with Gasteiger partial charge in [-0.3, -0.25) is 4.18 Å². The molecule has 0 aromatic carbocycles. The van der Waals surface area contributed by atoms with Gasteiger partial charge < -0.3 is 10.1 Å². The first-order chi connectivity index (χ1) is 7.90. The third-order valence-electron chi connectivity index (χ3n) is 2.58. The van der Waals surface area contributed by atoms with Gasteiger partial charge in [-0.2, -0.15) is 8.42 Å². The van der Waals surface area contributed by atoms with Crippen LogP contribution in [0.1, 0.15) is 32.6 Å². The summed E-state index contributed by atoms with van der Waals surface area (Å²) in [6.07, 6.45) is 3.05. The number of alkyl carbamates (subject to hydrolysis) is 1. The molecule has 1 aliphatic carbocycles. The van der Waals surface area contributed by atoms with Crippen molar-refractivity contribution in [3.63, 3.8) is 0 Å². The fourth-order valence-corrected chi connectivity index (χ4v) is 2.58. The van der Waals surface area contributed by atoms with E-state index in [-0.39, 0.29) is 12.1 Å². The normalized spacial score (nSPS) is 25.3. The van der Waals surface area contributed by atoms with E-state index in [0.29, 0.717) is 32.3 Å². The van der Waals surface area contributed by atoms with Crippen LogP contribution in [0.4, 0.5) is 4.79 Å². The zero-order valence-corrected chi connectivity index (χ0v) is 11.0. The van der Waals surface area contributed by atoms with E-state index < -0.39 is 16.2 Å². The number of hydrogen-bond donors (Lipinski definition) is 1. The van der Waals surface area contributed by atoms with Crippen molar-refractivity contribution < 1.29 is 22.1 Å². The predicted molar refractivity (Wildman–Crippen MR) is 62.1 cm³/mol. The quantitative estimate of drug-likeness (QED) is 0.767. The smallest absolute Gasteiger partial charge is 0.407 e. The number of rotatable bonds is 4. The molecule has 0 heterocycles. The van der Waals surface area contributed by atoms with Crippen LogP contribution in [-0.2, 0) is 19.0 Å². The minimum absolute atomic E-state index is 0.0495. The van der Waals surface area contributed by atoms with E-state index in [4.69, 9.17) is 8.92 Å². The summed E-state index contributed by atoms with van der Waals surface area (Å²) in [5.74, 6) is 0. The Morgan fingerprint density at radius 2 is 1.88 bits per heavy atom. The Bertz CT molecular complexity index is 346. The van der Waals surface area contributed by atoms with Crippen LogP contribution < -0.4 is 5.32 Å². The average Bonchev–Trinajstić information content (AvgIpc) is 2.19. The number of nitrogens with one attached hydrogen (secondary N) is 1. The minimum Gasteiger partial charge on any atom is -0.450 e. The molecule has 0 aromatic heterocycles. The van der Waals surface area contributed by atoms with E-state index in [1.807, 2.05) is 0 Å². The summed E-state index contributed by atoms with van der Waals surface area (Å²) in [7, 11) is -3.38. The van der Waals surface area contributed by atoms with Crippen LogP contribution in [0.15, 0.2) is 0 Å². The highest BCUT2D eigenvalue weighted by molar-refractivity contribution is 7.86. The van der Waals surface area contributed by atoms with E-state index in [2.05, 4.69) is 5.32 Å². The van der Waals surface area contributed by atoms with Crippen LogP contribution in [0.5, 0.6) is 0 Å². The first kappa shape index (κ1) is 14.2. The van der Waals surface area contributed by atoms with Crippen molar-refractivity contribution in [3.8, 4) is 0 Å². The standard InChI is InChI=1S/C10H19NO5S/c1-3-15-10(12)11-8-4-6-9(7-5-8)16-17(2,13)14/h8-9H,3-7H2,1-2H3,(H,11,12). The zero-order valence-electron chi connectivity index (χ0n) is 10.1. The SMILES string of the molecule is CCOC(=O)NC1CCC(OS(C)(=O)=O)CC1. The van der Waals surface area contributed by atoms with E-state index >= 15 is 0 Å². The van der Waals surface area contributed by atoms with Gasteiger partial charge in [-0.15, -0.1) is 0 Å². The third kappa shape index (κ3) is 5.88. The molecule has 0 radical (unpaired) electrons. The molecular weight excluding hydrogens is 246 g/mol. The van der Waals surface area contributed by atoms with Gasteiger partial charge in [0, 0.05) is 6.04 Å². The highest BCUT2D eigenvalue weighted by Crippen LogP contribution is 2.22. The first-order valence-corrected chi connectivity index (χ1v) is 7.54. The first-order valence-electron chi connectivity index (χ1n) is 5.72. The van der Waals surface area contributed by atoms with E-state index in [1.165, 1.54) is 0 Å². The van der Waals surface area contributed by atoms with Crippen LogP contribution in [0, 0.1) is 0 Å². The fourth-order valence-electron chi connectivity index (χ4n) is 1.89. The molecule has 0 aromatic rings. The van der Waals surface area contributed by atoms with Crippen molar-refractivity contribution in [1.29, 1.82) is 0 Å². The molecule has 1 fully saturated rings. The summed E-state index contributed by atoms with van der Waals surface area (Å²) in [5, 5.41) is 2.74. The molecule has 1 amide bonds. The van der Waals surface area contributed by atoms with Crippen LogP contribution in [0.25, 0.3) is 0 Å². The lowest BCUT2D eigenvalue weighted by atomic mass is 9.93. The lowest BCUT2D eigenvalue weighted by Gasteiger charge is -2.27. The van der Waals surface area contributed by atoms with Crippen molar-refractivity contribution >= 4 is 16.2 Å². The molecular formula is C10H19NO5S. The maximum absolute atomic E-state index is 11.2. The van der Waals surface area contributed by atoms with Crippen LogP contribution in [-0.4, -0.2) is 39.5 Å². The molecule has 1 rings (SSSR count). The highest BCUT2D eigenvalue weighted by atomic mass is 32.2. The molecule has 1 aliphatic rings. The Balaban J connectivity index is 2.28. The molecule has 7 heteroatoms. The average molecular weight is 265 g/mol. The van der Waals surface area contributed by atoms with Gasteiger partial charge in [0.25, 0.3) is 10.1 Å². The molecule has 0 saturated heterocycles. The topological polar surface area (TPSA) is 81.7 Å². The Kier molecular flexibility index (Phi) is 5.20. The summed E-state index contributed by atoms with van der Waals surface area (Å²) in [6.45, 7) is 2.09. The van der Waals surface area contributed by atoms with Crippen LogP contribution in [0.3, 0.4) is 0 Å². The molecule has 0 unspecified atom stereocenters. The Morgan fingerprint density at radius 1 is 1.29 bits per heavy atom. The summed E-state index contributed by atoms with van der Waals surface area (Å²) in [4.78, 5) is 11.2. The van der Waals surface area contributed by atoms with Gasteiger partial charge >= 0.3 is 6.09 Å². The predicted octanol–water partition coefficient (Wildman–Crippen LogP) is 1.02. The van der Waals surface area contributed by atoms with Gasteiger partial charge in [-0.05, 0) is 32.6 Å². The van der Waals surface area contributed by atoms with E-state index in [0.717, 1.165) is 6.26 Å². The second kappa shape index (κ2) is 6.20. The number of carbonyl (C=O) groups is 1. The van der Waals surface area contributed by atoms with Crippen LogP contribution >= 0.6 is 0 Å². The number of carbonyl (C=O) groups excluding carboxylic acids is 1. The van der Waals surface area contributed by atoms with Crippen molar-refractivity contribution in [3.05, 3.63) is 0 Å². The molecule has 1 saturated carbocycles. The van der Waals surface area contributed by atoms with Crippen molar-refractivity contribution in [1.82, 2.24) is 5.32 Å². The Hall–Kier alpha value is -0.820. The molecule has 0 spiro atoms. The Labute approximate surface area is 102 Å². The van der Waals surface area contributed by atoms with Crippen molar-refractivity contribution in [2.75, 3.05) is 12.9 Å². The second-order valence-electron chi connectivity index (χ2n) is 4.14. The van der Waals surface area contributed by atoms with Gasteiger partial charge in [-0.25, -0.2) is 4.79 Å². The van der Waals surface area contributed by atoms with Gasteiger partial charge in [0.2, 0.25) is 0 Å².